The molecule has 0 spiro atoms. The number of H-pyrrole nitrogens is 1. The van der Waals surface area contributed by atoms with Crippen LogP contribution in [0.2, 0.25) is 0 Å². The van der Waals surface area contributed by atoms with Crippen LogP contribution in [0.5, 0.6) is 11.5 Å². The average Bonchev–Trinajstić information content (AvgIpc) is 3.10. The van der Waals surface area contributed by atoms with Gasteiger partial charge in [-0.25, -0.2) is 4.98 Å². The summed E-state index contributed by atoms with van der Waals surface area (Å²) in [5.74, 6) is 2.26. The van der Waals surface area contributed by atoms with Crippen molar-refractivity contribution in [1.82, 2.24) is 20.2 Å². The number of para-hydroxylation sites is 2. The molecule has 0 radical (unpaired) electrons. The minimum Gasteiger partial charge on any atom is -0.493 e. The molecule has 0 bridgehead atoms. The summed E-state index contributed by atoms with van der Waals surface area (Å²) in [5, 5.41) is 3.01. The van der Waals surface area contributed by atoms with Crippen molar-refractivity contribution in [2.75, 3.05) is 51.8 Å². The summed E-state index contributed by atoms with van der Waals surface area (Å²) in [7, 11) is 3.21. The molecule has 1 saturated heterocycles. The Kier molecular flexibility index (Phi) is 6.57. The maximum Gasteiger partial charge on any atom is 0.234 e. The van der Waals surface area contributed by atoms with E-state index in [1.54, 1.807) is 14.2 Å². The maximum atomic E-state index is 12.5. The number of hydrogen-bond donors (Lipinski definition) is 2. The van der Waals surface area contributed by atoms with Crippen LogP contribution >= 0.6 is 0 Å². The molecule has 2 aromatic carbocycles. The Balaban J connectivity index is 1.28. The zero-order chi connectivity index (χ0) is 21.6. The second-order valence-corrected chi connectivity index (χ2v) is 7.66. The molecule has 0 atom stereocenters. The van der Waals surface area contributed by atoms with Crippen molar-refractivity contribution in [3.8, 4) is 11.5 Å². The Morgan fingerprint density at radius 1 is 1.06 bits per heavy atom. The highest BCUT2D eigenvalue weighted by Gasteiger charge is 2.19. The van der Waals surface area contributed by atoms with E-state index in [1.807, 2.05) is 42.5 Å². The lowest BCUT2D eigenvalue weighted by Crippen LogP contribution is -2.39. The first-order valence-corrected chi connectivity index (χ1v) is 10.6. The van der Waals surface area contributed by atoms with Gasteiger partial charge in [-0.05, 0) is 36.2 Å². The fourth-order valence-corrected chi connectivity index (χ4v) is 3.88. The molecule has 31 heavy (non-hydrogen) atoms. The number of imidazole rings is 1. The van der Waals surface area contributed by atoms with Crippen molar-refractivity contribution in [3.05, 3.63) is 48.0 Å². The van der Waals surface area contributed by atoms with Gasteiger partial charge in [0.15, 0.2) is 11.5 Å². The minimum atomic E-state index is 0.0203. The molecule has 164 valence electrons. The van der Waals surface area contributed by atoms with E-state index in [0.717, 1.165) is 55.1 Å². The van der Waals surface area contributed by atoms with Crippen molar-refractivity contribution in [1.29, 1.82) is 0 Å². The van der Waals surface area contributed by atoms with Crippen LogP contribution in [-0.4, -0.2) is 67.7 Å². The zero-order valence-corrected chi connectivity index (χ0v) is 18.1. The van der Waals surface area contributed by atoms with Gasteiger partial charge < -0.3 is 24.7 Å². The molecule has 1 aliphatic rings. The van der Waals surface area contributed by atoms with Crippen LogP contribution in [0.25, 0.3) is 11.0 Å². The highest BCUT2D eigenvalue weighted by atomic mass is 16.5. The van der Waals surface area contributed by atoms with Crippen molar-refractivity contribution in [2.24, 2.45) is 0 Å². The Morgan fingerprint density at radius 3 is 2.71 bits per heavy atom. The van der Waals surface area contributed by atoms with Gasteiger partial charge in [-0.3, -0.25) is 9.69 Å². The van der Waals surface area contributed by atoms with Gasteiger partial charge in [0.2, 0.25) is 11.9 Å². The third-order valence-corrected chi connectivity index (χ3v) is 5.57. The van der Waals surface area contributed by atoms with Crippen molar-refractivity contribution >= 4 is 22.9 Å². The van der Waals surface area contributed by atoms with Gasteiger partial charge in [-0.2, -0.15) is 0 Å². The second kappa shape index (κ2) is 9.70. The number of hydrogen-bond acceptors (Lipinski definition) is 6. The fraction of sp³-hybridized carbons (Fsp3) is 0.391. The van der Waals surface area contributed by atoms with Crippen molar-refractivity contribution < 1.29 is 14.3 Å². The topological polar surface area (TPSA) is 82.7 Å². The number of carbonyl (C=O) groups is 1. The van der Waals surface area contributed by atoms with Crippen LogP contribution in [0.4, 0.5) is 5.95 Å². The summed E-state index contributed by atoms with van der Waals surface area (Å²) in [4.78, 5) is 25.1. The van der Waals surface area contributed by atoms with Crippen LogP contribution in [-0.2, 0) is 11.3 Å². The van der Waals surface area contributed by atoms with Crippen molar-refractivity contribution in [2.45, 2.75) is 13.0 Å². The molecule has 3 aromatic rings. The number of nitrogens with zero attached hydrogens (tertiary/aromatic N) is 3. The lowest BCUT2D eigenvalue weighted by atomic mass is 10.2. The predicted octanol–water partition coefficient (Wildman–Crippen LogP) is 2.41. The highest BCUT2D eigenvalue weighted by Crippen LogP contribution is 2.27. The number of nitrogens with one attached hydrogen (secondary N) is 2. The lowest BCUT2D eigenvalue weighted by molar-refractivity contribution is -0.122. The fourth-order valence-electron chi connectivity index (χ4n) is 3.88. The molecule has 1 fully saturated rings. The summed E-state index contributed by atoms with van der Waals surface area (Å²) < 4.78 is 10.6. The molecule has 0 unspecified atom stereocenters. The first-order chi connectivity index (χ1) is 15.2. The minimum absolute atomic E-state index is 0.0203. The van der Waals surface area contributed by atoms with Gasteiger partial charge >= 0.3 is 0 Å². The first-order valence-electron chi connectivity index (χ1n) is 10.6. The number of fused-ring (bicyclic) bond motifs is 1. The number of rotatable bonds is 7. The van der Waals surface area contributed by atoms with E-state index < -0.39 is 0 Å². The summed E-state index contributed by atoms with van der Waals surface area (Å²) in [6.07, 6.45) is 0.986. The highest BCUT2D eigenvalue weighted by molar-refractivity contribution is 5.78. The molecule has 2 heterocycles. The Bertz CT molecular complexity index is 1000. The smallest absolute Gasteiger partial charge is 0.234 e. The largest absolute Gasteiger partial charge is 0.493 e. The molecule has 0 saturated carbocycles. The average molecular weight is 424 g/mol. The molecule has 1 aliphatic heterocycles. The van der Waals surface area contributed by atoms with Gasteiger partial charge in [-0.15, -0.1) is 0 Å². The molecular weight excluding hydrogens is 394 g/mol. The quantitative estimate of drug-likeness (QED) is 0.607. The first kappa shape index (κ1) is 21.0. The second-order valence-electron chi connectivity index (χ2n) is 7.66. The number of benzene rings is 2. The van der Waals surface area contributed by atoms with Gasteiger partial charge in [-0.1, -0.05) is 18.2 Å². The Morgan fingerprint density at radius 2 is 1.90 bits per heavy atom. The van der Waals surface area contributed by atoms with E-state index in [9.17, 15) is 4.79 Å². The van der Waals surface area contributed by atoms with Gasteiger partial charge in [0.1, 0.15) is 0 Å². The summed E-state index contributed by atoms with van der Waals surface area (Å²) in [5.41, 5.74) is 3.00. The molecule has 0 aliphatic carbocycles. The Labute approximate surface area is 182 Å². The molecule has 2 N–H and O–H groups in total. The number of aromatic amines is 1. The SMILES string of the molecule is COc1ccc(CNC(=O)CN2CCCN(c3nc4ccccc4[nH]3)CC2)cc1OC. The van der Waals surface area contributed by atoms with Gasteiger partial charge in [0, 0.05) is 32.7 Å². The standard InChI is InChI=1S/C23H29N5O3/c1-30-20-9-8-17(14-21(20)31-2)15-24-22(29)16-27-10-5-11-28(13-12-27)23-25-18-6-3-4-7-19(18)26-23/h3-4,6-9,14H,5,10-13,15-16H2,1-2H3,(H,24,29)(H,25,26). The van der Waals surface area contributed by atoms with Gasteiger partial charge in [0.25, 0.3) is 0 Å². The Hall–Kier alpha value is -3.26. The van der Waals surface area contributed by atoms with E-state index in [2.05, 4.69) is 20.1 Å². The predicted molar refractivity (Wildman–Crippen MR) is 121 cm³/mol. The normalized spacial score (nSPS) is 15.0. The molecule has 8 heteroatoms. The third-order valence-electron chi connectivity index (χ3n) is 5.57. The van der Waals surface area contributed by atoms with Crippen LogP contribution in [0.3, 0.4) is 0 Å². The molecule has 4 rings (SSSR count). The van der Waals surface area contributed by atoms with E-state index in [1.165, 1.54) is 0 Å². The van der Waals surface area contributed by atoms with Crippen LogP contribution in [0.1, 0.15) is 12.0 Å². The monoisotopic (exact) mass is 423 g/mol. The maximum absolute atomic E-state index is 12.5. The lowest BCUT2D eigenvalue weighted by Gasteiger charge is -2.21. The number of carbonyl (C=O) groups excluding carboxylic acids is 1. The molecule has 8 nitrogen and oxygen atoms in total. The number of methoxy groups -OCH3 is 2. The summed E-state index contributed by atoms with van der Waals surface area (Å²) in [6.45, 7) is 4.31. The number of anilines is 1. The van der Waals surface area contributed by atoms with Crippen LogP contribution < -0.4 is 19.7 Å². The van der Waals surface area contributed by atoms with E-state index >= 15 is 0 Å². The number of aromatic nitrogens is 2. The van der Waals surface area contributed by atoms with E-state index in [4.69, 9.17) is 14.5 Å². The molecule has 1 amide bonds. The van der Waals surface area contributed by atoms with Crippen LogP contribution in [0, 0.1) is 0 Å². The third kappa shape index (κ3) is 5.08. The zero-order valence-electron chi connectivity index (χ0n) is 18.1. The molecule has 1 aromatic heterocycles. The van der Waals surface area contributed by atoms with E-state index in [-0.39, 0.29) is 5.91 Å². The van der Waals surface area contributed by atoms with Crippen molar-refractivity contribution in [3.63, 3.8) is 0 Å². The summed E-state index contributed by atoms with van der Waals surface area (Å²) in [6, 6.07) is 13.7. The summed E-state index contributed by atoms with van der Waals surface area (Å²) >= 11 is 0. The number of amides is 1. The van der Waals surface area contributed by atoms with E-state index in [0.29, 0.717) is 24.6 Å². The van der Waals surface area contributed by atoms with Gasteiger partial charge in [0.05, 0.1) is 31.8 Å². The number of ether oxygens (including phenoxy) is 2. The van der Waals surface area contributed by atoms with Crippen LogP contribution in [0.15, 0.2) is 42.5 Å². The molecular formula is C23H29N5O3.